The van der Waals surface area contributed by atoms with Gasteiger partial charge in [-0.1, -0.05) is 0 Å². The van der Waals surface area contributed by atoms with Crippen molar-refractivity contribution in [3.63, 3.8) is 0 Å². The first-order chi connectivity index (χ1) is 7.40. The van der Waals surface area contributed by atoms with Crippen molar-refractivity contribution in [2.24, 2.45) is 12.8 Å². The maximum absolute atomic E-state index is 11.7. The number of hydrogen-bond donors (Lipinski definition) is 3. The predicted molar refractivity (Wildman–Crippen MR) is 60.6 cm³/mol. The first kappa shape index (κ1) is 12.1. The van der Waals surface area contributed by atoms with Crippen LogP contribution in [-0.4, -0.2) is 22.4 Å². The third-order valence-electron chi connectivity index (χ3n) is 2.14. The van der Waals surface area contributed by atoms with Crippen molar-refractivity contribution in [3.05, 3.63) is 18.0 Å². The average molecular weight is 224 g/mol. The molecule has 88 valence electrons. The van der Waals surface area contributed by atoms with Crippen molar-refractivity contribution in [3.8, 4) is 0 Å². The van der Waals surface area contributed by atoms with Crippen LogP contribution >= 0.6 is 0 Å². The number of nitrogen functional groups attached to an aromatic ring is 1. The number of carbonyl (C=O) groups excluding carboxylic acids is 2. The van der Waals surface area contributed by atoms with Crippen LogP contribution in [0.15, 0.2) is 12.3 Å². The largest absolute Gasteiger partial charge is 0.397 e. The third-order valence-corrected chi connectivity index (χ3v) is 2.14. The van der Waals surface area contributed by atoms with Gasteiger partial charge in [-0.15, -0.1) is 0 Å². The number of carbonyl (C=O) groups is 2. The Hall–Kier alpha value is -1.98. The van der Waals surface area contributed by atoms with Gasteiger partial charge in [0, 0.05) is 25.7 Å². The lowest BCUT2D eigenvalue weighted by Gasteiger charge is -2.12. The van der Waals surface area contributed by atoms with Gasteiger partial charge in [0.2, 0.25) is 5.91 Å². The lowest BCUT2D eigenvalue weighted by Crippen LogP contribution is -2.36. The van der Waals surface area contributed by atoms with Crippen LogP contribution in [-0.2, 0) is 11.8 Å². The summed E-state index contributed by atoms with van der Waals surface area (Å²) in [5.41, 5.74) is 11.6. The second-order valence-electron chi connectivity index (χ2n) is 3.81. The van der Waals surface area contributed by atoms with E-state index in [-0.39, 0.29) is 18.4 Å². The molecule has 0 saturated carbocycles. The molecule has 6 heteroatoms. The van der Waals surface area contributed by atoms with Gasteiger partial charge < -0.3 is 21.4 Å². The van der Waals surface area contributed by atoms with Gasteiger partial charge in [-0.3, -0.25) is 9.59 Å². The molecular formula is C10H16N4O2. The van der Waals surface area contributed by atoms with E-state index in [1.165, 1.54) is 0 Å². The molecule has 0 spiro atoms. The molecule has 0 fully saturated rings. The van der Waals surface area contributed by atoms with Crippen LogP contribution < -0.4 is 16.8 Å². The van der Waals surface area contributed by atoms with Crippen LogP contribution in [0.25, 0.3) is 0 Å². The second kappa shape index (κ2) is 4.69. The molecule has 5 N–H and O–H groups in total. The topological polar surface area (TPSA) is 103 Å². The summed E-state index contributed by atoms with van der Waals surface area (Å²) in [4.78, 5) is 22.4. The minimum absolute atomic E-state index is 0.117. The Morgan fingerprint density at radius 2 is 2.19 bits per heavy atom. The van der Waals surface area contributed by atoms with Gasteiger partial charge in [-0.25, -0.2) is 0 Å². The summed E-state index contributed by atoms with van der Waals surface area (Å²) in [6, 6.07) is 1.29. The molecule has 16 heavy (non-hydrogen) atoms. The van der Waals surface area contributed by atoms with Gasteiger partial charge >= 0.3 is 0 Å². The minimum atomic E-state index is -0.445. The fourth-order valence-electron chi connectivity index (χ4n) is 1.47. The van der Waals surface area contributed by atoms with Gasteiger partial charge in [0.15, 0.2) is 0 Å². The molecule has 0 radical (unpaired) electrons. The number of hydrogen-bond acceptors (Lipinski definition) is 3. The Labute approximate surface area is 93.6 Å². The number of aryl methyl sites for hydroxylation is 1. The van der Waals surface area contributed by atoms with E-state index < -0.39 is 5.91 Å². The van der Waals surface area contributed by atoms with E-state index >= 15 is 0 Å². The summed E-state index contributed by atoms with van der Waals surface area (Å²) in [5.74, 6) is -0.716. The highest BCUT2D eigenvalue weighted by atomic mass is 16.2. The summed E-state index contributed by atoms with van der Waals surface area (Å²) in [7, 11) is 1.73. The smallest absolute Gasteiger partial charge is 0.268 e. The highest BCUT2D eigenvalue weighted by Gasteiger charge is 2.14. The number of nitrogens with two attached hydrogens (primary N) is 2. The summed E-state index contributed by atoms with van der Waals surface area (Å²) >= 11 is 0. The van der Waals surface area contributed by atoms with Crippen molar-refractivity contribution in [2.75, 3.05) is 5.73 Å². The van der Waals surface area contributed by atoms with Crippen molar-refractivity contribution in [1.29, 1.82) is 0 Å². The predicted octanol–water partition coefficient (Wildman–Crippen LogP) is -0.399. The van der Waals surface area contributed by atoms with E-state index in [4.69, 9.17) is 11.5 Å². The molecule has 1 heterocycles. The molecule has 1 aromatic rings. The van der Waals surface area contributed by atoms with Gasteiger partial charge in [0.1, 0.15) is 5.69 Å². The number of aromatic nitrogens is 1. The maximum atomic E-state index is 11.7. The number of nitrogens with zero attached hydrogens (tertiary/aromatic N) is 1. The molecule has 0 saturated heterocycles. The lowest BCUT2D eigenvalue weighted by atomic mass is 10.2. The fourth-order valence-corrected chi connectivity index (χ4v) is 1.47. The van der Waals surface area contributed by atoms with Crippen LogP contribution in [0.1, 0.15) is 23.8 Å². The Morgan fingerprint density at radius 1 is 1.56 bits per heavy atom. The van der Waals surface area contributed by atoms with E-state index in [0.717, 1.165) is 0 Å². The Bertz CT molecular complexity index is 411. The molecular weight excluding hydrogens is 208 g/mol. The fraction of sp³-hybridized carbons (Fsp3) is 0.400. The first-order valence-electron chi connectivity index (χ1n) is 4.91. The molecule has 0 aliphatic heterocycles. The van der Waals surface area contributed by atoms with Crippen molar-refractivity contribution in [1.82, 2.24) is 9.88 Å². The number of nitrogens with one attached hydrogen (secondary N) is 1. The van der Waals surface area contributed by atoms with E-state index in [1.54, 1.807) is 30.8 Å². The SMILES string of the molecule is CC(CC(N)=O)NC(=O)c1cc(N)cn1C. The van der Waals surface area contributed by atoms with Crippen LogP contribution in [0.2, 0.25) is 0 Å². The number of amides is 2. The summed E-state index contributed by atoms with van der Waals surface area (Å²) in [6.07, 6.45) is 1.76. The minimum Gasteiger partial charge on any atom is -0.397 e. The summed E-state index contributed by atoms with van der Waals surface area (Å²) < 4.78 is 1.63. The quantitative estimate of drug-likeness (QED) is 0.648. The Morgan fingerprint density at radius 3 is 2.62 bits per heavy atom. The standard InChI is InChI=1S/C10H16N4O2/c1-6(3-9(12)15)13-10(16)8-4-7(11)5-14(8)2/h4-6H,3,11H2,1-2H3,(H2,12,15)(H,13,16). The maximum Gasteiger partial charge on any atom is 0.268 e. The monoisotopic (exact) mass is 224 g/mol. The molecule has 0 aromatic carbocycles. The summed E-state index contributed by atoms with van der Waals surface area (Å²) in [6.45, 7) is 1.72. The van der Waals surface area contributed by atoms with Crippen molar-refractivity contribution < 1.29 is 9.59 Å². The molecule has 0 aliphatic carbocycles. The number of rotatable bonds is 4. The lowest BCUT2D eigenvalue weighted by molar-refractivity contribution is -0.118. The van der Waals surface area contributed by atoms with Gasteiger partial charge in [-0.05, 0) is 13.0 Å². The van der Waals surface area contributed by atoms with Crippen LogP contribution in [0.4, 0.5) is 5.69 Å². The third kappa shape index (κ3) is 3.01. The summed E-state index contributed by atoms with van der Waals surface area (Å²) in [5, 5.41) is 2.67. The zero-order chi connectivity index (χ0) is 12.3. The number of primary amides is 1. The van der Waals surface area contributed by atoms with Gasteiger partial charge in [-0.2, -0.15) is 0 Å². The zero-order valence-electron chi connectivity index (χ0n) is 9.36. The van der Waals surface area contributed by atoms with E-state index in [0.29, 0.717) is 11.4 Å². The Kier molecular flexibility index (Phi) is 3.55. The molecule has 0 aliphatic rings. The molecule has 1 unspecified atom stereocenters. The van der Waals surface area contributed by atoms with E-state index in [9.17, 15) is 9.59 Å². The van der Waals surface area contributed by atoms with Crippen LogP contribution in [0.5, 0.6) is 0 Å². The van der Waals surface area contributed by atoms with E-state index in [1.807, 2.05) is 0 Å². The molecule has 0 bridgehead atoms. The molecule has 1 aromatic heterocycles. The first-order valence-corrected chi connectivity index (χ1v) is 4.91. The van der Waals surface area contributed by atoms with Gasteiger partial charge in [0.25, 0.3) is 5.91 Å². The molecule has 1 rings (SSSR count). The Balaban J connectivity index is 2.65. The number of anilines is 1. The van der Waals surface area contributed by atoms with Crippen molar-refractivity contribution in [2.45, 2.75) is 19.4 Å². The van der Waals surface area contributed by atoms with Crippen LogP contribution in [0.3, 0.4) is 0 Å². The van der Waals surface area contributed by atoms with Gasteiger partial charge in [0.05, 0.1) is 5.69 Å². The highest BCUT2D eigenvalue weighted by molar-refractivity contribution is 5.94. The highest BCUT2D eigenvalue weighted by Crippen LogP contribution is 2.08. The normalized spacial score (nSPS) is 12.1. The molecule has 2 amide bonds. The average Bonchev–Trinajstić information content (AvgIpc) is 2.43. The molecule has 1 atom stereocenters. The van der Waals surface area contributed by atoms with Crippen LogP contribution in [0, 0.1) is 0 Å². The van der Waals surface area contributed by atoms with E-state index in [2.05, 4.69) is 5.32 Å². The second-order valence-corrected chi connectivity index (χ2v) is 3.81. The van der Waals surface area contributed by atoms with Crippen molar-refractivity contribution >= 4 is 17.5 Å². The molecule has 6 nitrogen and oxygen atoms in total. The zero-order valence-corrected chi connectivity index (χ0v) is 9.36.